The maximum absolute atomic E-state index is 6.16. The molecule has 1 saturated heterocycles. The van der Waals surface area contributed by atoms with E-state index < -0.39 is 0 Å². The van der Waals surface area contributed by atoms with Crippen molar-refractivity contribution in [3.63, 3.8) is 0 Å². The summed E-state index contributed by atoms with van der Waals surface area (Å²) in [5, 5.41) is 4.44. The Balaban J connectivity index is 2.25. The smallest absolute Gasteiger partial charge is 0.0438 e. The van der Waals surface area contributed by atoms with Crippen molar-refractivity contribution in [3.05, 3.63) is 34.3 Å². The zero-order valence-electron chi connectivity index (χ0n) is 9.39. The number of nitrogens with one attached hydrogen (secondary N) is 1. The lowest BCUT2D eigenvalue weighted by Gasteiger charge is -2.18. The van der Waals surface area contributed by atoms with E-state index in [9.17, 15) is 0 Å². The molecule has 0 aromatic heterocycles. The number of hydrogen-bond donors (Lipinski definition) is 1. The van der Waals surface area contributed by atoms with E-state index in [-0.39, 0.29) is 0 Å². The van der Waals surface area contributed by atoms with Crippen molar-refractivity contribution in [2.75, 3.05) is 6.54 Å². The maximum atomic E-state index is 6.16. The zero-order chi connectivity index (χ0) is 10.8. The fourth-order valence-corrected chi connectivity index (χ4v) is 2.62. The summed E-state index contributed by atoms with van der Waals surface area (Å²) < 4.78 is 0. The molecule has 0 amide bonds. The Morgan fingerprint density at radius 1 is 1.47 bits per heavy atom. The number of halogens is 1. The second-order valence-electron chi connectivity index (χ2n) is 4.37. The summed E-state index contributed by atoms with van der Waals surface area (Å²) in [6, 6.07) is 7.12. The molecule has 0 saturated carbocycles. The van der Waals surface area contributed by atoms with Gasteiger partial charge in [0.25, 0.3) is 0 Å². The molecule has 0 radical (unpaired) electrons. The van der Waals surface area contributed by atoms with Gasteiger partial charge in [0.15, 0.2) is 0 Å². The van der Waals surface area contributed by atoms with E-state index in [1.807, 2.05) is 0 Å². The minimum Gasteiger partial charge on any atom is -0.313 e. The Labute approximate surface area is 96.8 Å². The molecule has 1 nitrogen and oxygen atoms in total. The average Bonchev–Trinajstić information content (AvgIpc) is 2.70. The van der Waals surface area contributed by atoms with Gasteiger partial charge in [0.05, 0.1) is 0 Å². The lowest BCUT2D eigenvalue weighted by Crippen LogP contribution is -2.24. The van der Waals surface area contributed by atoms with Crippen LogP contribution in [0.1, 0.15) is 36.8 Å². The largest absolute Gasteiger partial charge is 0.313 e. The highest BCUT2D eigenvalue weighted by Gasteiger charge is 2.26. The van der Waals surface area contributed by atoms with Crippen LogP contribution in [0.3, 0.4) is 0 Å². The van der Waals surface area contributed by atoms with E-state index in [0.29, 0.717) is 12.0 Å². The van der Waals surface area contributed by atoms with Crippen LogP contribution in [0.5, 0.6) is 0 Å². The van der Waals surface area contributed by atoms with Gasteiger partial charge in [-0.2, -0.15) is 0 Å². The lowest BCUT2D eigenvalue weighted by molar-refractivity contribution is 0.531. The van der Waals surface area contributed by atoms with Gasteiger partial charge in [-0.25, -0.2) is 0 Å². The van der Waals surface area contributed by atoms with Gasteiger partial charge in [0.1, 0.15) is 0 Å². The highest BCUT2D eigenvalue weighted by atomic mass is 35.5. The molecule has 1 aliphatic heterocycles. The van der Waals surface area contributed by atoms with E-state index in [0.717, 1.165) is 11.6 Å². The number of aryl methyl sites for hydroxylation is 1. The Morgan fingerprint density at radius 2 is 2.27 bits per heavy atom. The molecule has 1 fully saturated rings. The van der Waals surface area contributed by atoms with Crippen molar-refractivity contribution in [1.29, 1.82) is 0 Å². The minimum absolute atomic E-state index is 0.628. The number of rotatable bonds is 2. The van der Waals surface area contributed by atoms with Crippen LogP contribution in [0, 0.1) is 6.92 Å². The predicted octanol–water partition coefficient (Wildman–Crippen LogP) is 3.50. The molecule has 15 heavy (non-hydrogen) atoms. The third-order valence-corrected chi connectivity index (χ3v) is 3.82. The fraction of sp³-hybridized carbons (Fsp3) is 0.538. The fourth-order valence-electron chi connectivity index (χ4n) is 2.44. The van der Waals surface area contributed by atoms with Gasteiger partial charge in [-0.3, -0.25) is 0 Å². The van der Waals surface area contributed by atoms with Gasteiger partial charge >= 0.3 is 0 Å². The van der Waals surface area contributed by atoms with E-state index >= 15 is 0 Å². The van der Waals surface area contributed by atoms with E-state index in [1.54, 1.807) is 0 Å². The molecule has 1 aromatic rings. The summed E-state index contributed by atoms with van der Waals surface area (Å²) in [6.45, 7) is 5.43. The quantitative estimate of drug-likeness (QED) is 0.809. The van der Waals surface area contributed by atoms with Crippen molar-refractivity contribution in [3.8, 4) is 0 Å². The van der Waals surface area contributed by atoms with Crippen molar-refractivity contribution < 1.29 is 0 Å². The van der Waals surface area contributed by atoms with Gasteiger partial charge in [-0.15, -0.1) is 0 Å². The van der Waals surface area contributed by atoms with Crippen LogP contribution in [0.4, 0.5) is 0 Å². The van der Waals surface area contributed by atoms with Gasteiger partial charge in [0.2, 0.25) is 0 Å². The topological polar surface area (TPSA) is 12.0 Å². The Kier molecular flexibility index (Phi) is 3.32. The van der Waals surface area contributed by atoms with Crippen LogP contribution in [0.15, 0.2) is 18.2 Å². The third-order valence-electron chi connectivity index (χ3n) is 3.41. The molecule has 1 N–H and O–H groups in total. The zero-order valence-corrected chi connectivity index (χ0v) is 10.1. The van der Waals surface area contributed by atoms with Crippen molar-refractivity contribution in [2.24, 2.45) is 0 Å². The molecule has 1 aliphatic rings. The SMILES string of the molecule is CCC1NCCC1c1ccc(C)c(Cl)c1. The molecule has 2 rings (SSSR count). The van der Waals surface area contributed by atoms with Crippen LogP contribution in [0.2, 0.25) is 5.02 Å². The third kappa shape index (κ3) is 2.19. The number of benzene rings is 1. The average molecular weight is 224 g/mol. The van der Waals surface area contributed by atoms with E-state index in [1.165, 1.54) is 24.0 Å². The molecule has 2 unspecified atom stereocenters. The van der Waals surface area contributed by atoms with Gasteiger partial charge in [0, 0.05) is 17.0 Å². The molecule has 0 aliphatic carbocycles. The summed E-state index contributed by atoms with van der Waals surface area (Å²) in [7, 11) is 0. The Morgan fingerprint density at radius 3 is 2.93 bits per heavy atom. The van der Waals surface area contributed by atoms with Gasteiger partial charge in [-0.1, -0.05) is 30.7 Å². The molecule has 2 atom stereocenters. The first kappa shape index (κ1) is 11.0. The first-order valence-corrected chi connectivity index (χ1v) is 6.09. The molecule has 0 bridgehead atoms. The van der Waals surface area contributed by atoms with Crippen LogP contribution in [-0.4, -0.2) is 12.6 Å². The van der Waals surface area contributed by atoms with Crippen LogP contribution in [-0.2, 0) is 0 Å². The molecule has 1 heterocycles. The molecule has 2 heteroatoms. The Hall–Kier alpha value is -0.530. The summed E-state index contributed by atoms with van der Waals surface area (Å²) in [4.78, 5) is 0. The molecule has 0 spiro atoms. The lowest BCUT2D eigenvalue weighted by atomic mass is 9.90. The van der Waals surface area contributed by atoms with E-state index in [2.05, 4.69) is 37.4 Å². The number of hydrogen-bond acceptors (Lipinski definition) is 1. The monoisotopic (exact) mass is 223 g/mol. The highest BCUT2D eigenvalue weighted by molar-refractivity contribution is 6.31. The van der Waals surface area contributed by atoms with Crippen molar-refractivity contribution in [1.82, 2.24) is 5.32 Å². The van der Waals surface area contributed by atoms with Crippen LogP contribution >= 0.6 is 11.6 Å². The Bertz CT molecular complexity index is 348. The standard InChI is InChI=1S/C13H18ClN/c1-3-13-11(6-7-15-13)10-5-4-9(2)12(14)8-10/h4-5,8,11,13,15H,3,6-7H2,1-2H3. The second kappa shape index (κ2) is 4.54. The van der Waals surface area contributed by atoms with Crippen molar-refractivity contribution in [2.45, 2.75) is 38.6 Å². The minimum atomic E-state index is 0.628. The van der Waals surface area contributed by atoms with Gasteiger partial charge in [-0.05, 0) is 43.5 Å². The first-order chi connectivity index (χ1) is 7.22. The van der Waals surface area contributed by atoms with Crippen LogP contribution in [0.25, 0.3) is 0 Å². The molecular weight excluding hydrogens is 206 g/mol. The predicted molar refractivity (Wildman–Crippen MR) is 65.6 cm³/mol. The highest BCUT2D eigenvalue weighted by Crippen LogP contribution is 2.31. The normalized spacial score (nSPS) is 25.8. The summed E-state index contributed by atoms with van der Waals surface area (Å²) in [5.41, 5.74) is 2.56. The van der Waals surface area contributed by atoms with Gasteiger partial charge < -0.3 is 5.32 Å². The second-order valence-corrected chi connectivity index (χ2v) is 4.78. The van der Waals surface area contributed by atoms with E-state index in [4.69, 9.17) is 11.6 Å². The van der Waals surface area contributed by atoms with Crippen molar-refractivity contribution >= 4 is 11.6 Å². The molecule has 1 aromatic carbocycles. The summed E-state index contributed by atoms with van der Waals surface area (Å²) in [5.74, 6) is 0.646. The molecular formula is C13H18ClN. The summed E-state index contributed by atoms with van der Waals surface area (Å²) >= 11 is 6.16. The van der Waals surface area contributed by atoms with Crippen LogP contribution < -0.4 is 5.32 Å². The maximum Gasteiger partial charge on any atom is 0.0438 e. The first-order valence-electron chi connectivity index (χ1n) is 5.71. The molecule has 82 valence electrons. The summed E-state index contributed by atoms with van der Waals surface area (Å²) in [6.07, 6.45) is 2.42.